The number of rotatable bonds is 6. The maximum atomic E-state index is 12.9. The van der Waals surface area contributed by atoms with Crippen LogP contribution in [0.25, 0.3) is 10.9 Å². The summed E-state index contributed by atoms with van der Waals surface area (Å²) in [5, 5.41) is 6.11. The van der Waals surface area contributed by atoms with E-state index in [1.165, 1.54) is 0 Å². The van der Waals surface area contributed by atoms with Crippen LogP contribution in [-0.2, 0) is 24.3 Å². The van der Waals surface area contributed by atoms with Gasteiger partial charge >= 0.3 is 0 Å². The molecule has 166 valence electrons. The number of fused-ring (bicyclic) bond motifs is 2. The Morgan fingerprint density at radius 2 is 1.81 bits per heavy atom. The van der Waals surface area contributed by atoms with Crippen molar-refractivity contribution >= 4 is 22.7 Å². The minimum atomic E-state index is -0.289. The summed E-state index contributed by atoms with van der Waals surface area (Å²) in [6.07, 6.45) is 8.57. The van der Waals surface area contributed by atoms with Crippen LogP contribution in [0.2, 0.25) is 0 Å². The molecule has 0 aliphatic carbocycles. The Balaban J connectivity index is 1.37. The van der Waals surface area contributed by atoms with E-state index in [4.69, 9.17) is 4.98 Å². The number of aromatic nitrogens is 3. The first-order valence-electron chi connectivity index (χ1n) is 11.1. The molecule has 0 bridgehead atoms. The Kier molecular flexibility index (Phi) is 6.89. The summed E-state index contributed by atoms with van der Waals surface area (Å²) in [4.78, 5) is 46.1. The largest absolute Gasteiger partial charge is 0.352 e. The standard InChI is InChI=1S/C24H27N5O3/c30-22(27-16-17-8-11-25-12-9-17)10-13-26-23(31)18-6-7-19-20(15-18)28-21-5-3-1-2-4-14-29(21)24(19)32/h6-9,11-12,15H,1-5,10,13-14,16H2,(H,26,31)(H,27,30). The molecular weight excluding hydrogens is 406 g/mol. The SMILES string of the molecule is O=C(CCNC(=O)c1ccc2c(=O)n3c(nc2c1)CCCCCC3)NCc1ccncc1. The van der Waals surface area contributed by atoms with E-state index >= 15 is 0 Å². The number of benzene rings is 1. The van der Waals surface area contributed by atoms with Crippen molar-refractivity contribution in [2.45, 2.75) is 51.6 Å². The molecule has 2 N–H and O–H groups in total. The number of hydrogen-bond acceptors (Lipinski definition) is 5. The molecule has 1 aliphatic heterocycles. The van der Waals surface area contributed by atoms with E-state index in [0.29, 0.717) is 29.6 Å². The lowest BCUT2D eigenvalue weighted by Gasteiger charge is -2.16. The third-order valence-corrected chi connectivity index (χ3v) is 5.71. The van der Waals surface area contributed by atoms with Gasteiger partial charge in [0.15, 0.2) is 0 Å². The number of nitrogens with zero attached hydrogens (tertiary/aromatic N) is 3. The second kappa shape index (κ2) is 10.2. The molecule has 0 atom stereocenters. The lowest BCUT2D eigenvalue weighted by Crippen LogP contribution is -2.30. The van der Waals surface area contributed by atoms with Gasteiger partial charge in [-0.15, -0.1) is 0 Å². The van der Waals surface area contributed by atoms with E-state index in [1.807, 2.05) is 12.1 Å². The number of pyridine rings is 1. The van der Waals surface area contributed by atoms with Gasteiger partial charge in [0.05, 0.1) is 10.9 Å². The molecule has 8 nitrogen and oxygen atoms in total. The Hall–Kier alpha value is -3.55. The number of amides is 2. The van der Waals surface area contributed by atoms with E-state index in [-0.39, 0.29) is 30.3 Å². The van der Waals surface area contributed by atoms with Crippen LogP contribution in [0, 0.1) is 0 Å². The van der Waals surface area contributed by atoms with Crippen molar-refractivity contribution in [1.82, 2.24) is 25.2 Å². The minimum absolute atomic E-state index is 0.0373. The van der Waals surface area contributed by atoms with Crippen LogP contribution in [0.15, 0.2) is 47.5 Å². The zero-order valence-corrected chi connectivity index (χ0v) is 18.0. The van der Waals surface area contributed by atoms with Crippen molar-refractivity contribution in [2.75, 3.05) is 6.54 Å². The first-order chi connectivity index (χ1) is 15.6. The quantitative estimate of drug-likeness (QED) is 0.621. The smallest absolute Gasteiger partial charge is 0.261 e. The molecule has 2 aromatic heterocycles. The summed E-state index contributed by atoms with van der Waals surface area (Å²) in [5.74, 6) is 0.363. The predicted octanol–water partition coefficient (Wildman–Crippen LogP) is 2.34. The molecule has 32 heavy (non-hydrogen) atoms. The van der Waals surface area contributed by atoms with Gasteiger partial charge in [0.25, 0.3) is 11.5 Å². The topological polar surface area (TPSA) is 106 Å². The summed E-state index contributed by atoms with van der Waals surface area (Å²) < 4.78 is 1.78. The van der Waals surface area contributed by atoms with Gasteiger partial charge in [-0.25, -0.2) is 4.98 Å². The molecule has 0 saturated carbocycles. The number of hydrogen-bond donors (Lipinski definition) is 2. The molecule has 8 heteroatoms. The van der Waals surface area contributed by atoms with Crippen LogP contribution >= 0.6 is 0 Å². The summed E-state index contributed by atoms with van der Waals surface area (Å²) >= 11 is 0. The summed E-state index contributed by atoms with van der Waals surface area (Å²) in [6.45, 7) is 1.34. The normalized spacial score (nSPS) is 13.6. The molecule has 1 aromatic carbocycles. The predicted molar refractivity (Wildman–Crippen MR) is 121 cm³/mol. The third-order valence-electron chi connectivity index (χ3n) is 5.71. The first kappa shape index (κ1) is 21.7. The molecule has 3 heterocycles. The number of carbonyl (C=O) groups is 2. The van der Waals surface area contributed by atoms with Crippen LogP contribution in [0.5, 0.6) is 0 Å². The average Bonchev–Trinajstić information content (AvgIpc) is 2.79. The van der Waals surface area contributed by atoms with Crippen LogP contribution in [0.1, 0.15) is 53.8 Å². The van der Waals surface area contributed by atoms with Crippen LogP contribution < -0.4 is 16.2 Å². The second-order valence-corrected chi connectivity index (χ2v) is 8.02. The monoisotopic (exact) mass is 433 g/mol. The fourth-order valence-corrected chi connectivity index (χ4v) is 3.92. The van der Waals surface area contributed by atoms with E-state index in [2.05, 4.69) is 15.6 Å². The summed E-state index contributed by atoms with van der Waals surface area (Å²) in [7, 11) is 0. The van der Waals surface area contributed by atoms with Crippen LogP contribution in [0.4, 0.5) is 0 Å². The van der Waals surface area contributed by atoms with E-state index < -0.39 is 0 Å². The van der Waals surface area contributed by atoms with Crippen molar-refractivity contribution in [3.05, 3.63) is 70.0 Å². The van der Waals surface area contributed by atoms with Crippen molar-refractivity contribution in [2.24, 2.45) is 0 Å². The first-order valence-corrected chi connectivity index (χ1v) is 11.1. The Morgan fingerprint density at radius 3 is 2.66 bits per heavy atom. The van der Waals surface area contributed by atoms with Gasteiger partial charge in [-0.3, -0.25) is 23.9 Å². The van der Waals surface area contributed by atoms with Gasteiger partial charge in [0.1, 0.15) is 5.82 Å². The van der Waals surface area contributed by atoms with Crippen LogP contribution in [-0.4, -0.2) is 32.9 Å². The highest BCUT2D eigenvalue weighted by Gasteiger charge is 2.15. The summed E-state index contributed by atoms with van der Waals surface area (Å²) in [6, 6.07) is 8.65. The molecule has 0 saturated heterocycles. The van der Waals surface area contributed by atoms with Gasteiger partial charge in [-0.1, -0.05) is 12.8 Å². The van der Waals surface area contributed by atoms with E-state index in [9.17, 15) is 14.4 Å². The highest BCUT2D eigenvalue weighted by molar-refractivity contribution is 5.97. The summed E-state index contributed by atoms with van der Waals surface area (Å²) in [5.41, 5.74) is 1.90. The maximum absolute atomic E-state index is 12.9. The number of aryl methyl sites for hydroxylation is 1. The maximum Gasteiger partial charge on any atom is 0.261 e. The zero-order chi connectivity index (χ0) is 22.3. The fourth-order valence-electron chi connectivity index (χ4n) is 3.92. The molecule has 0 fully saturated rings. The Labute approximate surface area is 186 Å². The Bertz CT molecular complexity index is 1170. The fraction of sp³-hybridized carbons (Fsp3) is 0.375. The van der Waals surface area contributed by atoms with Gasteiger partial charge in [0.2, 0.25) is 5.91 Å². The zero-order valence-electron chi connectivity index (χ0n) is 18.0. The van der Waals surface area contributed by atoms with Crippen LogP contribution in [0.3, 0.4) is 0 Å². The van der Waals surface area contributed by atoms with E-state index in [0.717, 1.165) is 43.5 Å². The molecule has 4 rings (SSSR count). The molecule has 2 amide bonds. The van der Waals surface area contributed by atoms with Gasteiger partial charge in [-0.05, 0) is 48.7 Å². The van der Waals surface area contributed by atoms with Crippen molar-refractivity contribution < 1.29 is 9.59 Å². The highest BCUT2D eigenvalue weighted by atomic mass is 16.2. The Morgan fingerprint density at radius 1 is 1.00 bits per heavy atom. The lowest BCUT2D eigenvalue weighted by atomic mass is 10.1. The van der Waals surface area contributed by atoms with Crippen molar-refractivity contribution in [3.8, 4) is 0 Å². The number of carbonyl (C=O) groups excluding carboxylic acids is 2. The minimum Gasteiger partial charge on any atom is -0.352 e. The third kappa shape index (κ3) is 5.19. The molecule has 0 radical (unpaired) electrons. The molecule has 0 spiro atoms. The van der Waals surface area contributed by atoms with Gasteiger partial charge in [0, 0.05) is 50.4 Å². The van der Waals surface area contributed by atoms with Crippen molar-refractivity contribution in [3.63, 3.8) is 0 Å². The van der Waals surface area contributed by atoms with Gasteiger partial charge in [-0.2, -0.15) is 0 Å². The lowest BCUT2D eigenvalue weighted by molar-refractivity contribution is -0.121. The second-order valence-electron chi connectivity index (χ2n) is 8.02. The molecule has 1 aliphatic rings. The number of nitrogens with one attached hydrogen (secondary N) is 2. The van der Waals surface area contributed by atoms with Gasteiger partial charge < -0.3 is 10.6 Å². The molecule has 0 unspecified atom stereocenters. The molecule has 3 aromatic rings. The van der Waals surface area contributed by atoms with E-state index in [1.54, 1.807) is 35.2 Å². The highest BCUT2D eigenvalue weighted by Crippen LogP contribution is 2.16. The van der Waals surface area contributed by atoms with Crippen molar-refractivity contribution in [1.29, 1.82) is 0 Å². The average molecular weight is 434 g/mol. The molecular formula is C24H27N5O3.